The third-order valence-electron chi connectivity index (χ3n) is 3.98. The number of nitrogens with zero attached hydrogens (tertiary/aromatic N) is 2. The van der Waals surface area contributed by atoms with Gasteiger partial charge in [-0.2, -0.15) is 5.26 Å². The first-order valence-electron chi connectivity index (χ1n) is 9.64. The molecule has 0 amide bonds. The molecular formula is C24H35N3O. The largest absolute Gasteiger partial charge is 0.481 e. The van der Waals surface area contributed by atoms with Crippen LogP contribution >= 0.6 is 0 Å². The van der Waals surface area contributed by atoms with Crippen LogP contribution in [-0.2, 0) is 5.41 Å². The van der Waals surface area contributed by atoms with E-state index in [0.29, 0.717) is 12.3 Å². The zero-order valence-corrected chi connectivity index (χ0v) is 18.6. The van der Waals surface area contributed by atoms with Crippen molar-refractivity contribution in [3.05, 3.63) is 64.9 Å². The summed E-state index contributed by atoms with van der Waals surface area (Å²) in [4.78, 5) is 4.59. The molecule has 2 rings (SSSR count). The van der Waals surface area contributed by atoms with Gasteiger partial charge in [-0.25, -0.2) is 4.98 Å². The second-order valence-corrected chi connectivity index (χ2v) is 6.83. The summed E-state index contributed by atoms with van der Waals surface area (Å²) in [6, 6.07) is 14.6. The van der Waals surface area contributed by atoms with Crippen LogP contribution in [0.15, 0.2) is 42.5 Å². The van der Waals surface area contributed by atoms with Crippen LogP contribution in [-0.4, -0.2) is 19.1 Å². The van der Waals surface area contributed by atoms with E-state index in [0.717, 1.165) is 22.4 Å². The molecule has 1 aromatic carbocycles. The first kappa shape index (κ1) is 25.4. The molecule has 0 bridgehead atoms. The zero-order valence-electron chi connectivity index (χ0n) is 18.6. The molecule has 152 valence electrons. The van der Waals surface area contributed by atoms with E-state index in [2.05, 4.69) is 61.8 Å². The maximum absolute atomic E-state index is 8.96. The summed E-state index contributed by atoms with van der Waals surface area (Å²) in [5.41, 5.74) is 9.70. The Bertz CT molecular complexity index is 779. The number of pyridine rings is 1. The third-order valence-corrected chi connectivity index (χ3v) is 3.98. The second kappa shape index (κ2) is 12.7. The fourth-order valence-electron chi connectivity index (χ4n) is 2.53. The number of nitrogens with two attached hydrogens (primary N) is 1. The molecule has 0 saturated heterocycles. The number of hydrogen-bond acceptors (Lipinski definition) is 4. The van der Waals surface area contributed by atoms with Gasteiger partial charge in [-0.1, -0.05) is 71.0 Å². The summed E-state index contributed by atoms with van der Waals surface area (Å²) < 4.78 is 5.34. The Morgan fingerprint density at radius 3 is 2.14 bits per heavy atom. The molecule has 0 spiro atoms. The van der Waals surface area contributed by atoms with E-state index >= 15 is 0 Å². The fraction of sp³-hybridized carbons (Fsp3) is 0.417. The number of benzene rings is 1. The molecule has 0 atom stereocenters. The zero-order chi connectivity index (χ0) is 21.7. The van der Waals surface area contributed by atoms with Crippen molar-refractivity contribution in [2.45, 2.75) is 53.4 Å². The van der Waals surface area contributed by atoms with Crippen molar-refractivity contribution in [3.63, 3.8) is 0 Å². The Labute approximate surface area is 171 Å². The summed E-state index contributed by atoms with van der Waals surface area (Å²) in [5, 5.41) is 8.96. The number of aromatic nitrogens is 1. The third kappa shape index (κ3) is 7.17. The highest BCUT2D eigenvalue weighted by molar-refractivity contribution is 5.78. The van der Waals surface area contributed by atoms with Gasteiger partial charge < -0.3 is 10.5 Å². The van der Waals surface area contributed by atoms with Gasteiger partial charge in [-0.15, -0.1) is 0 Å². The normalized spacial score (nSPS) is 10.6. The van der Waals surface area contributed by atoms with E-state index < -0.39 is 0 Å². The number of nitriles is 1. The molecular weight excluding hydrogens is 346 g/mol. The van der Waals surface area contributed by atoms with Crippen LogP contribution in [0.3, 0.4) is 0 Å². The standard InChI is InChI=1S/C21H24N2O.C2H6.CH5N/c1-15-8-13-19(23-20(15)24-5)18(7-6-14-22)16-9-11-17(12-10-16)21(2,3)4;2*1-2/h7-13H,6H2,1-5H3;1-2H3;2H2,1H3/b18-7+;;. The SMILES string of the molecule is CC.CN.COc1nc(/C(=C/CC#N)c2ccc(C(C)(C)C)cc2)ccc1C. The van der Waals surface area contributed by atoms with Gasteiger partial charge >= 0.3 is 0 Å². The van der Waals surface area contributed by atoms with E-state index in [1.807, 2.05) is 39.0 Å². The Kier molecular flexibility index (Phi) is 11.5. The number of allylic oxidation sites excluding steroid dienone is 1. The molecule has 0 fully saturated rings. The molecule has 2 aromatic rings. The molecule has 0 radical (unpaired) electrons. The highest BCUT2D eigenvalue weighted by Crippen LogP contribution is 2.28. The van der Waals surface area contributed by atoms with Gasteiger partial charge in [0.25, 0.3) is 0 Å². The molecule has 28 heavy (non-hydrogen) atoms. The van der Waals surface area contributed by atoms with Gasteiger partial charge in [-0.05, 0) is 36.6 Å². The van der Waals surface area contributed by atoms with Crippen molar-refractivity contribution in [1.29, 1.82) is 5.26 Å². The monoisotopic (exact) mass is 381 g/mol. The number of rotatable bonds is 4. The molecule has 4 heteroatoms. The van der Waals surface area contributed by atoms with Crippen LogP contribution in [0.1, 0.15) is 63.4 Å². The molecule has 0 aliphatic heterocycles. The van der Waals surface area contributed by atoms with Gasteiger partial charge in [-0.3, -0.25) is 0 Å². The number of aryl methyl sites for hydroxylation is 1. The van der Waals surface area contributed by atoms with Gasteiger partial charge in [0.1, 0.15) is 0 Å². The number of methoxy groups -OCH3 is 1. The topological polar surface area (TPSA) is 71.9 Å². The smallest absolute Gasteiger partial charge is 0.216 e. The average Bonchev–Trinajstić information content (AvgIpc) is 2.72. The Balaban J connectivity index is 0.00000171. The van der Waals surface area contributed by atoms with Crippen LogP contribution in [0, 0.1) is 18.3 Å². The van der Waals surface area contributed by atoms with Crippen LogP contribution in [0.2, 0.25) is 0 Å². The van der Waals surface area contributed by atoms with Gasteiger partial charge in [0.15, 0.2) is 0 Å². The molecule has 0 aliphatic rings. The predicted octanol–water partition coefficient (Wildman–Crippen LogP) is 5.64. The van der Waals surface area contributed by atoms with Crippen molar-refractivity contribution in [2.75, 3.05) is 14.2 Å². The summed E-state index contributed by atoms with van der Waals surface area (Å²) in [6.45, 7) is 12.6. The maximum Gasteiger partial charge on any atom is 0.216 e. The minimum atomic E-state index is 0.111. The van der Waals surface area contributed by atoms with E-state index in [-0.39, 0.29) is 5.41 Å². The van der Waals surface area contributed by atoms with Gasteiger partial charge in [0.05, 0.1) is 25.3 Å². The minimum Gasteiger partial charge on any atom is -0.481 e. The lowest BCUT2D eigenvalue weighted by atomic mass is 9.86. The van der Waals surface area contributed by atoms with Crippen molar-refractivity contribution in [3.8, 4) is 11.9 Å². The first-order valence-corrected chi connectivity index (χ1v) is 9.64. The summed E-state index contributed by atoms with van der Waals surface area (Å²) in [7, 11) is 3.12. The average molecular weight is 382 g/mol. The highest BCUT2D eigenvalue weighted by Gasteiger charge is 2.15. The van der Waals surface area contributed by atoms with Crippen LogP contribution < -0.4 is 10.5 Å². The number of ether oxygens (including phenoxy) is 1. The highest BCUT2D eigenvalue weighted by atomic mass is 16.5. The first-order chi connectivity index (χ1) is 13.4. The summed E-state index contributed by atoms with van der Waals surface area (Å²) in [5.74, 6) is 0.613. The van der Waals surface area contributed by atoms with E-state index in [9.17, 15) is 0 Å². The lowest BCUT2D eigenvalue weighted by Crippen LogP contribution is -2.10. The van der Waals surface area contributed by atoms with Crippen molar-refractivity contribution in [1.82, 2.24) is 4.98 Å². The van der Waals surface area contributed by atoms with Gasteiger partial charge in [0.2, 0.25) is 5.88 Å². The Morgan fingerprint density at radius 2 is 1.68 bits per heavy atom. The lowest BCUT2D eigenvalue weighted by molar-refractivity contribution is 0.394. The Morgan fingerprint density at radius 1 is 1.11 bits per heavy atom. The predicted molar refractivity (Wildman–Crippen MR) is 119 cm³/mol. The fourth-order valence-corrected chi connectivity index (χ4v) is 2.53. The number of hydrogen-bond donors (Lipinski definition) is 1. The van der Waals surface area contributed by atoms with E-state index in [1.165, 1.54) is 12.6 Å². The van der Waals surface area contributed by atoms with E-state index in [4.69, 9.17) is 10.00 Å². The molecule has 1 aromatic heterocycles. The molecule has 0 unspecified atom stereocenters. The van der Waals surface area contributed by atoms with Crippen molar-refractivity contribution in [2.24, 2.45) is 5.73 Å². The van der Waals surface area contributed by atoms with E-state index in [1.54, 1.807) is 7.11 Å². The minimum absolute atomic E-state index is 0.111. The van der Waals surface area contributed by atoms with Gasteiger partial charge in [0, 0.05) is 11.1 Å². The lowest BCUT2D eigenvalue weighted by Gasteiger charge is -2.19. The van der Waals surface area contributed by atoms with Crippen molar-refractivity contribution >= 4 is 5.57 Å². The van der Waals surface area contributed by atoms with Crippen LogP contribution in [0.4, 0.5) is 0 Å². The molecule has 0 saturated carbocycles. The molecule has 1 heterocycles. The summed E-state index contributed by atoms with van der Waals surface area (Å²) in [6.07, 6.45) is 2.26. The molecule has 2 N–H and O–H groups in total. The maximum atomic E-state index is 8.96. The molecule has 0 aliphatic carbocycles. The quantitative estimate of drug-likeness (QED) is 0.743. The summed E-state index contributed by atoms with van der Waals surface area (Å²) >= 11 is 0. The van der Waals surface area contributed by atoms with Crippen LogP contribution in [0.5, 0.6) is 5.88 Å². The second-order valence-electron chi connectivity index (χ2n) is 6.83. The van der Waals surface area contributed by atoms with Crippen molar-refractivity contribution < 1.29 is 4.74 Å². The Hall–Kier alpha value is -2.64. The van der Waals surface area contributed by atoms with Crippen LogP contribution in [0.25, 0.3) is 5.57 Å². The molecule has 4 nitrogen and oxygen atoms in total.